The van der Waals surface area contributed by atoms with Crippen molar-refractivity contribution in [3.63, 3.8) is 0 Å². The number of nitrogens with zero attached hydrogens (tertiary/aromatic N) is 1. The van der Waals surface area contributed by atoms with E-state index in [1.165, 1.54) is 0 Å². The summed E-state index contributed by atoms with van der Waals surface area (Å²) < 4.78 is 11.1. The molecule has 4 heteroatoms. The van der Waals surface area contributed by atoms with Crippen LogP contribution in [0.25, 0.3) is 11.5 Å². The quantitative estimate of drug-likeness (QED) is 0.643. The Morgan fingerprint density at radius 1 is 1.00 bits per heavy atom. The summed E-state index contributed by atoms with van der Waals surface area (Å²) in [5.74, 6) is 1.89. The number of aromatic nitrogens is 1. The highest BCUT2D eigenvalue weighted by Gasteiger charge is 2.06. The van der Waals surface area contributed by atoms with Crippen LogP contribution in [0.15, 0.2) is 65.3 Å². The van der Waals surface area contributed by atoms with Gasteiger partial charge in [-0.3, -0.25) is 0 Å². The standard InChI is InChI=1S/C17H14ClNO2/c18-10-13-6-8-16(9-7-13)20-11-15-12-21-17(19-15)14-4-2-1-3-5-14/h1-9,12H,10-11H2. The van der Waals surface area contributed by atoms with E-state index in [2.05, 4.69) is 4.98 Å². The molecule has 0 saturated carbocycles. The van der Waals surface area contributed by atoms with Gasteiger partial charge in [-0.2, -0.15) is 0 Å². The molecule has 3 aromatic rings. The van der Waals surface area contributed by atoms with Gasteiger partial charge in [-0.1, -0.05) is 30.3 Å². The van der Waals surface area contributed by atoms with Gasteiger partial charge in [0.05, 0.1) is 0 Å². The molecule has 0 radical (unpaired) electrons. The van der Waals surface area contributed by atoms with Crippen molar-refractivity contribution in [3.8, 4) is 17.2 Å². The maximum absolute atomic E-state index is 5.75. The van der Waals surface area contributed by atoms with E-state index in [1.54, 1.807) is 6.26 Å². The summed E-state index contributed by atoms with van der Waals surface area (Å²) in [6.07, 6.45) is 1.62. The summed E-state index contributed by atoms with van der Waals surface area (Å²) in [5, 5.41) is 0. The SMILES string of the molecule is ClCc1ccc(OCc2coc(-c3ccccc3)n2)cc1. The third-order valence-corrected chi connectivity index (χ3v) is 3.35. The van der Waals surface area contributed by atoms with Crippen LogP contribution in [-0.2, 0) is 12.5 Å². The van der Waals surface area contributed by atoms with E-state index in [1.807, 2.05) is 54.6 Å². The van der Waals surface area contributed by atoms with E-state index < -0.39 is 0 Å². The van der Waals surface area contributed by atoms with Gasteiger partial charge in [0.2, 0.25) is 5.89 Å². The lowest BCUT2D eigenvalue weighted by molar-refractivity contribution is 0.301. The van der Waals surface area contributed by atoms with Crippen molar-refractivity contribution < 1.29 is 9.15 Å². The predicted octanol–water partition coefficient (Wildman–Crippen LogP) is 4.66. The van der Waals surface area contributed by atoms with Gasteiger partial charge in [0, 0.05) is 11.4 Å². The lowest BCUT2D eigenvalue weighted by Gasteiger charge is -2.04. The average Bonchev–Trinajstić information content (AvgIpc) is 3.03. The zero-order valence-corrected chi connectivity index (χ0v) is 12.1. The molecular weight excluding hydrogens is 286 g/mol. The maximum atomic E-state index is 5.75. The molecule has 0 atom stereocenters. The van der Waals surface area contributed by atoms with Gasteiger partial charge in [-0.15, -0.1) is 11.6 Å². The summed E-state index contributed by atoms with van der Waals surface area (Å²) in [4.78, 5) is 4.42. The Labute approximate surface area is 128 Å². The third-order valence-electron chi connectivity index (χ3n) is 3.04. The van der Waals surface area contributed by atoms with Gasteiger partial charge < -0.3 is 9.15 Å². The smallest absolute Gasteiger partial charge is 0.226 e. The van der Waals surface area contributed by atoms with Crippen LogP contribution in [0.4, 0.5) is 0 Å². The number of benzene rings is 2. The minimum absolute atomic E-state index is 0.372. The second-order valence-electron chi connectivity index (χ2n) is 4.58. The molecule has 0 amide bonds. The number of oxazole rings is 1. The van der Waals surface area contributed by atoms with Crippen LogP contribution in [0.5, 0.6) is 5.75 Å². The molecule has 0 bridgehead atoms. The molecule has 3 rings (SSSR count). The van der Waals surface area contributed by atoms with E-state index in [0.717, 1.165) is 22.6 Å². The van der Waals surface area contributed by atoms with Gasteiger partial charge in [0.15, 0.2) is 0 Å². The van der Waals surface area contributed by atoms with Crippen molar-refractivity contribution in [1.82, 2.24) is 4.98 Å². The Hall–Kier alpha value is -2.26. The number of ether oxygens (including phenoxy) is 1. The molecule has 106 valence electrons. The van der Waals surface area contributed by atoms with Gasteiger partial charge in [-0.25, -0.2) is 4.98 Å². The average molecular weight is 300 g/mol. The largest absolute Gasteiger partial charge is 0.487 e. The van der Waals surface area contributed by atoms with Crippen molar-refractivity contribution in [3.05, 3.63) is 72.1 Å². The van der Waals surface area contributed by atoms with Gasteiger partial charge in [0.1, 0.15) is 24.3 Å². The highest BCUT2D eigenvalue weighted by atomic mass is 35.5. The number of alkyl halides is 1. The second kappa shape index (κ2) is 6.46. The molecule has 0 fully saturated rings. The molecule has 21 heavy (non-hydrogen) atoms. The van der Waals surface area contributed by atoms with Crippen molar-refractivity contribution in [2.45, 2.75) is 12.5 Å². The second-order valence-corrected chi connectivity index (χ2v) is 4.84. The van der Waals surface area contributed by atoms with Crippen LogP contribution in [0.3, 0.4) is 0 Å². The predicted molar refractivity (Wildman–Crippen MR) is 82.3 cm³/mol. The number of hydrogen-bond acceptors (Lipinski definition) is 3. The molecule has 0 aliphatic heterocycles. The van der Waals surface area contributed by atoms with Gasteiger partial charge in [-0.05, 0) is 29.8 Å². The van der Waals surface area contributed by atoms with Crippen molar-refractivity contribution in [1.29, 1.82) is 0 Å². The Kier molecular flexibility index (Phi) is 4.22. The van der Waals surface area contributed by atoms with E-state index in [4.69, 9.17) is 20.8 Å². The fourth-order valence-corrected chi connectivity index (χ4v) is 2.10. The van der Waals surface area contributed by atoms with Crippen molar-refractivity contribution >= 4 is 11.6 Å². The molecular formula is C17H14ClNO2. The number of rotatable bonds is 5. The summed E-state index contributed by atoms with van der Waals surface area (Å²) >= 11 is 5.75. The molecule has 1 aromatic heterocycles. The number of hydrogen-bond donors (Lipinski definition) is 0. The van der Waals surface area contributed by atoms with Crippen molar-refractivity contribution in [2.24, 2.45) is 0 Å². The molecule has 0 saturated heterocycles. The number of halogens is 1. The zero-order chi connectivity index (χ0) is 14.5. The van der Waals surface area contributed by atoms with E-state index in [0.29, 0.717) is 18.4 Å². The van der Waals surface area contributed by atoms with E-state index >= 15 is 0 Å². The topological polar surface area (TPSA) is 35.3 Å². The van der Waals surface area contributed by atoms with Crippen LogP contribution in [0.2, 0.25) is 0 Å². The van der Waals surface area contributed by atoms with E-state index in [9.17, 15) is 0 Å². The summed E-state index contributed by atoms with van der Waals surface area (Å²) in [6, 6.07) is 17.5. The molecule has 3 nitrogen and oxygen atoms in total. The monoisotopic (exact) mass is 299 g/mol. The Bertz CT molecular complexity index is 692. The lowest BCUT2D eigenvalue weighted by Crippen LogP contribution is -1.95. The molecule has 1 heterocycles. The summed E-state index contributed by atoms with van der Waals surface area (Å²) in [5.41, 5.74) is 2.78. The lowest BCUT2D eigenvalue weighted by atomic mass is 10.2. The fourth-order valence-electron chi connectivity index (χ4n) is 1.92. The fraction of sp³-hybridized carbons (Fsp3) is 0.118. The molecule has 0 aliphatic carbocycles. The first kappa shape index (κ1) is 13.7. The third kappa shape index (κ3) is 3.44. The van der Waals surface area contributed by atoms with Crippen molar-refractivity contribution in [2.75, 3.05) is 0 Å². The molecule has 0 aliphatic rings. The Morgan fingerprint density at radius 2 is 1.76 bits per heavy atom. The Balaban J connectivity index is 1.64. The highest BCUT2D eigenvalue weighted by Crippen LogP contribution is 2.19. The van der Waals surface area contributed by atoms with Crippen LogP contribution >= 0.6 is 11.6 Å². The first-order chi connectivity index (χ1) is 10.3. The maximum Gasteiger partial charge on any atom is 0.226 e. The minimum Gasteiger partial charge on any atom is -0.487 e. The summed E-state index contributed by atoms with van der Waals surface area (Å²) in [6.45, 7) is 0.372. The van der Waals surface area contributed by atoms with Gasteiger partial charge in [0.25, 0.3) is 0 Å². The van der Waals surface area contributed by atoms with Gasteiger partial charge >= 0.3 is 0 Å². The summed E-state index contributed by atoms with van der Waals surface area (Å²) in [7, 11) is 0. The minimum atomic E-state index is 0.372. The van der Waals surface area contributed by atoms with Crippen LogP contribution < -0.4 is 4.74 Å². The molecule has 2 aromatic carbocycles. The first-order valence-electron chi connectivity index (χ1n) is 6.62. The van der Waals surface area contributed by atoms with Crippen LogP contribution in [0.1, 0.15) is 11.3 Å². The highest BCUT2D eigenvalue weighted by molar-refractivity contribution is 6.17. The first-order valence-corrected chi connectivity index (χ1v) is 7.16. The molecule has 0 unspecified atom stereocenters. The van der Waals surface area contributed by atoms with Crippen LogP contribution in [0, 0.1) is 0 Å². The molecule has 0 spiro atoms. The molecule has 0 N–H and O–H groups in total. The normalized spacial score (nSPS) is 10.5. The Morgan fingerprint density at radius 3 is 2.48 bits per heavy atom. The zero-order valence-electron chi connectivity index (χ0n) is 11.3. The van der Waals surface area contributed by atoms with E-state index in [-0.39, 0.29) is 0 Å². The van der Waals surface area contributed by atoms with Crippen LogP contribution in [-0.4, -0.2) is 4.98 Å².